The summed E-state index contributed by atoms with van der Waals surface area (Å²) in [4.78, 5) is 4.26. The quantitative estimate of drug-likeness (QED) is 0.665. The lowest BCUT2D eigenvalue weighted by molar-refractivity contribution is 0.340. The van der Waals surface area contributed by atoms with Crippen molar-refractivity contribution in [2.24, 2.45) is 0 Å². The summed E-state index contributed by atoms with van der Waals surface area (Å²) in [5.41, 5.74) is 1.59. The molecule has 0 bridgehead atoms. The standard InChI is InChI=1S/C20H19N3O4/c1-4-26-15-8-6-14(7-9-15)22-20-16(12-21)23-19(27-20)13-5-10-17(24-2)18(11-13)25-3/h5-11,22H,4H2,1-3H3. The van der Waals surface area contributed by atoms with Crippen molar-refractivity contribution < 1.29 is 18.6 Å². The van der Waals surface area contributed by atoms with Gasteiger partial charge in [0.2, 0.25) is 17.5 Å². The van der Waals surface area contributed by atoms with Gasteiger partial charge in [-0.3, -0.25) is 0 Å². The summed E-state index contributed by atoms with van der Waals surface area (Å²) in [7, 11) is 3.12. The summed E-state index contributed by atoms with van der Waals surface area (Å²) in [6, 6.07) is 14.7. The van der Waals surface area contributed by atoms with Crippen molar-refractivity contribution in [3.8, 4) is 34.8 Å². The average molecular weight is 365 g/mol. The van der Waals surface area contributed by atoms with Gasteiger partial charge in [-0.2, -0.15) is 10.2 Å². The molecule has 0 amide bonds. The van der Waals surface area contributed by atoms with Gasteiger partial charge in [0.05, 0.1) is 20.8 Å². The van der Waals surface area contributed by atoms with E-state index in [1.165, 1.54) is 0 Å². The van der Waals surface area contributed by atoms with Crippen molar-refractivity contribution in [3.63, 3.8) is 0 Å². The van der Waals surface area contributed by atoms with Crippen LogP contribution < -0.4 is 19.5 Å². The minimum atomic E-state index is 0.161. The fraction of sp³-hybridized carbons (Fsp3) is 0.200. The molecule has 1 heterocycles. The molecule has 138 valence electrons. The highest BCUT2D eigenvalue weighted by atomic mass is 16.5. The van der Waals surface area contributed by atoms with Gasteiger partial charge in [0.15, 0.2) is 11.5 Å². The van der Waals surface area contributed by atoms with Crippen molar-refractivity contribution in [1.82, 2.24) is 4.98 Å². The molecule has 0 saturated heterocycles. The summed E-state index contributed by atoms with van der Waals surface area (Å²) in [6.07, 6.45) is 0. The average Bonchev–Trinajstić information content (AvgIpc) is 3.12. The zero-order valence-electron chi connectivity index (χ0n) is 15.3. The Morgan fingerprint density at radius 3 is 2.44 bits per heavy atom. The molecular weight excluding hydrogens is 346 g/mol. The molecule has 7 heteroatoms. The molecule has 0 spiro atoms. The second-order valence-corrected chi connectivity index (χ2v) is 5.46. The van der Waals surface area contributed by atoms with E-state index in [4.69, 9.17) is 18.6 Å². The fourth-order valence-corrected chi connectivity index (χ4v) is 2.51. The van der Waals surface area contributed by atoms with E-state index in [-0.39, 0.29) is 11.6 Å². The van der Waals surface area contributed by atoms with Gasteiger partial charge in [0, 0.05) is 11.3 Å². The fourth-order valence-electron chi connectivity index (χ4n) is 2.51. The molecule has 3 rings (SSSR count). The van der Waals surface area contributed by atoms with E-state index < -0.39 is 0 Å². The number of ether oxygens (including phenoxy) is 3. The van der Waals surface area contributed by atoms with Crippen molar-refractivity contribution in [2.75, 3.05) is 26.1 Å². The number of nitrogens with one attached hydrogen (secondary N) is 1. The molecule has 0 atom stereocenters. The molecule has 0 aliphatic rings. The largest absolute Gasteiger partial charge is 0.494 e. The minimum absolute atomic E-state index is 0.161. The third kappa shape index (κ3) is 3.96. The maximum Gasteiger partial charge on any atom is 0.236 e. The van der Waals surface area contributed by atoms with Crippen LogP contribution in [0.4, 0.5) is 11.6 Å². The summed E-state index contributed by atoms with van der Waals surface area (Å²) >= 11 is 0. The molecule has 0 radical (unpaired) electrons. The highest BCUT2D eigenvalue weighted by Crippen LogP contribution is 2.34. The van der Waals surface area contributed by atoms with Gasteiger partial charge in [-0.05, 0) is 49.4 Å². The number of nitrogens with zero attached hydrogens (tertiary/aromatic N) is 2. The first-order valence-corrected chi connectivity index (χ1v) is 8.31. The van der Waals surface area contributed by atoms with Crippen molar-refractivity contribution >= 4 is 11.6 Å². The number of benzene rings is 2. The van der Waals surface area contributed by atoms with E-state index in [9.17, 15) is 5.26 Å². The van der Waals surface area contributed by atoms with Gasteiger partial charge in [-0.25, -0.2) is 0 Å². The van der Waals surface area contributed by atoms with E-state index in [0.29, 0.717) is 29.6 Å². The molecule has 2 aromatic carbocycles. The number of hydrogen-bond acceptors (Lipinski definition) is 7. The zero-order valence-corrected chi connectivity index (χ0v) is 15.3. The van der Waals surface area contributed by atoms with Gasteiger partial charge >= 0.3 is 0 Å². The Morgan fingerprint density at radius 2 is 1.81 bits per heavy atom. The molecule has 27 heavy (non-hydrogen) atoms. The molecule has 3 aromatic rings. The lowest BCUT2D eigenvalue weighted by Gasteiger charge is -2.08. The monoisotopic (exact) mass is 365 g/mol. The second-order valence-electron chi connectivity index (χ2n) is 5.46. The van der Waals surface area contributed by atoms with Crippen LogP contribution in [0.25, 0.3) is 11.5 Å². The molecule has 1 aromatic heterocycles. The van der Waals surface area contributed by atoms with Crippen LogP contribution >= 0.6 is 0 Å². The Labute approximate surface area is 157 Å². The van der Waals surface area contributed by atoms with E-state index in [1.54, 1.807) is 32.4 Å². The van der Waals surface area contributed by atoms with Crippen LogP contribution in [0.15, 0.2) is 46.9 Å². The summed E-state index contributed by atoms with van der Waals surface area (Å²) in [5, 5.41) is 12.4. The van der Waals surface area contributed by atoms with E-state index in [1.807, 2.05) is 37.3 Å². The molecule has 1 N–H and O–H groups in total. The Morgan fingerprint density at radius 1 is 1.07 bits per heavy atom. The van der Waals surface area contributed by atoms with Crippen molar-refractivity contribution in [3.05, 3.63) is 48.2 Å². The van der Waals surface area contributed by atoms with Crippen molar-refractivity contribution in [2.45, 2.75) is 6.92 Å². The number of hydrogen-bond donors (Lipinski definition) is 1. The Hall–Kier alpha value is -3.66. The molecule has 0 fully saturated rings. The van der Waals surface area contributed by atoms with Crippen LogP contribution in [0.3, 0.4) is 0 Å². The van der Waals surface area contributed by atoms with Gasteiger partial charge in [0.1, 0.15) is 11.8 Å². The smallest absolute Gasteiger partial charge is 0.236 e. The van der Waals surface area contributed by atoms with E-state index >= 15 is 0 Å². The number of methoxy groups -OCH3 is 2. The van der Waals surface area contributed by atoms with Gasteiger partial charge in [0.25, 0.3) is 0 Å². The Balaban J connectivity index is 1.88. The first-order valence-electron chi connectivity index (χ1n) is 8.31. The van der Waals surface area contributed by atoms with Crippen LogP contribution in [-0.4, -0.2) is 25.8 Å². The number of rotatable bonds is 7. The first kappa shape index (κ1) is 18.1. The van der Waals surface area contributed by atoms with Crippen LogP contribution in [0.5, 0.6) is 17.2 Å². The SMILES string of the molecule is CCOc1ccc(Nc2oc(-c3ccc(OC)c(OC)c3)nc2C#N)cc1. The Bertz CT molecular complexity index is 958. The molecule has 0 aliphatic heterocycles. The third-order valence-electron chi connectivity index (χ3n) is 3.79. The van der Waals surface area contributed by atoms with Crippen LogP contribution in [0, 0.1) is 11.3 Å². The topological polar surface area (TPSA) is 89.5 Å². The van der Waals surface area contributed by atoms with Crippen molar-refractivity contribution in [1.29, 1.82) is 5.26 Å². The number of aromatic nitrogens is 1. The number of oxazole rings is 1. The third-order valence-corrected chi connectivity index (χ3v) is 3.79. The molecule has 0 aliphatic carbocycles. The molecule has 0 unspecified atom stereocenters. The van der Waals surface area contributed by atoms with Gasteiger partial charge < -0.3 is 23.9 Å². The normalized spacial score (nSPS) is 10.1. The minimum Gasteiger partial charge on any atom is -0.494 e. The van der Waals surface area contributed by atoms with Crippen LogP contribution in [-0.2, 0) is 0 Å². The molecule has 7 nitrogen and oxygen atoms in total. The maximum absolute atomic E-state index is 9.38. The number of nitriles is 1. The zero-order chi connectivity index (χ0) is 19.2. The Kier molecular flexibility index (Phi) is 5.47. The first-order chi connectivity index (χ1) is 13.2. The van der Waals surface area contributed by atoms with Crippen LogP contribution in [0.1, 0.15) is 12.6 Å². The van der Waals surface area contributed by atoms with Gasteiger partial charge in [-0.1, -0.05) is 0 Å². The maximum atomic E-state index is 9.38. The summed E-state index contributed by atoms with van der Waals surface area (Å²) in [5.74, 6) is 2.49. The van der Waals surface area contributed by atoms with E-state index in [2.05, 4.69) is 10.3 Å². The lowest BCUT2D eigenvalue weighted by atomic mass is 10.2. The highest BCUT2D eigenvalue weighted by Gasteiger charge is 2.16. The number of anilines is 2. The van der Waals surface area contributed by atoms with E-state index in [0.717, 1.165) is 11.4 Å². The van der Waals surface area contributed by atoms with Gasteiger partial charge in [-0.15, -0.1) is 0 Å². The highest BCUT2D eigenvalue weighted by molar-refractivity contribution is 5.66. The predicted molar refractivity (Wildman–Crippen MR) is 101 cm³/mol. The molecule has 0 saturated carbocycles. The summed E-state index contributed by atoms with van der Waals surface area (Å²) < 4.78 is 21.7. The predicted octanol–water partition coefficient (Wildman–Crippen LogP) is 4.37. The lowest BCUT2D eigenvalue weighted by Crippen LogP contribution is -1.93. The van der Waals surface area contributed by atoms with Crippen LogP contribution in [0.2, 0.25) is 0 Å². The molecular formula is C20H19N3O4. The second kappa shape index (κ2) is 8.15. The summed E-state index contributed by atoms with van der Waals surface area (Å²) in [6.45, 7) is 2.53.